The first-order valence-corrected chi connectivity index (χ1v) is 7.16. The predicted molar refractivity (Wildman–Crippen MR) is 93.7 cm³/mol. The average Bonchev–Trinajstić information content (AvgIpc) is 2.68. The summed E-state index contributed by atoms with van der Waals surface area (Å²) in [6, 6.07) is 20.1. The van der Waals surface area contributed by atoms with Gasteiger partial charge in [-0.15, -0.1) is 0 Å². The van der Waals surface area contributed by atoms with Crippen LogP contribution in [0.5, 0.6) is 0 Å². The van der Waals surface area contributed by atoms with Crippen LogP contribution in [0.3, 0.4) is 0 Å². The van der Waals surface area contributed by atoms with Crippen LogP contribution < -0.4 is 0 Å². The Kier molecular flexibility index (Phi) is 2.66. The first kappa shape index (κ1) is 8.89. The van der Waals surface area contributed by atoms with Gasteiger partial charge >= 0.3 is 0 Å². The minimum atomic E-state index is -2.76. The van der Waals surface area contributed by atoms with Gasteiger partial charge in [0.25, 0.3) is 0 Å². The Balaban J connectivity index is 2.03. The highest BCUT2D eigenvalue weighted by molar-refractivity contribution is 5.70. The number of rotatable bonds is 4. The molecule has 1 nitrogen and oxygen atoms in total. The first-order chi connectivity index (χ1) is 13.0. The van der Waals surface area contributed by atoms with Crippen molar-refractivity contribution >= 4 is 0 Å². The lowest BCUT2D eigenvalue weighted by atomic mass is 9.97. The Labute approximate surface area is 141 Å². The highest BCUT2D eigenvalue weighted by Gasteiger charge is 2.04. The molecule has 0 saturated carbocycles. The lowest BCUT2D eigenvalue weighted by Crippen LogP contribution is -1.94. The van der Waals surface area contributed by atoms with E-state index in [2.05, 4.69) is 4.98 Å². The molecule has 0 spiro atoms. The van der Waals surface area contributed by atoms with Crippen LogP contribution in [0.1, 0.15) is 27.6 Å². The molecular weight excluding hydrogens is 266 g/mol. The van der Waals surface area contributed by atoms with E-state index in [9.17, 15) is 0 Å². The molecule has 0 aliphatic rings. The fraction of sp³-hybridized carbons (Fsp3) is 0.190. The molecule has 1 heteroatoms. The van der Waals surface area contributed by atoms with Crippen LogP contribution in [0.15, 0.2) is 72.9 Å². The van der Waals surface area contributed by atoms with E-state index in [0.29, 0.717) is 0 Å². The van der Waals surface area contributed by atoms with Crippen LogP contribution in [0.25, 0.3) is 22.4 Å². The third-order valence-corrected chi connectivity index (χ3v) is 3.36. The molecule has 2 aromatic carbocycles. The monoisotopic (exact) mass is 293 g/mol. The minimum Gasteiger partial charge on any atom is -0.256 e. The van der Waals surface area contributed by atoms with E-state index in [1.54, 1.807) is 18.3 Å². The molecule has 1 heterocycles. The van der Waals surface area contributed by atoms with Crippen LogP contribution in [-0.4, -0.2) is 4.98 Å². The molecule has 22 heavy (non-hydrogen) atoms. The summed E-state index contributed by atoms with van der Waals surface area (Å²) in [5, 5.41) is 0. The molecule has 0 fully saturated rings. The number of hydrogen-bond acceptors (Lipinski definition) is 1. The van der Waals surface area contributed by atoms with Gasteiger partial charge in [-0.2, -0.15) is 0 Å². The van der Waals surface area contributed by atoms with Gasteiger partial charge in [0.05, 0.1) is 5.69 Å². The molecule has 1 atom stereocenters. The van der Waals surface area contributed by atoms with Crippen LogP contribution in [0.4, 0.5) is 0 Å². The van der Waals surface area contributed by atoms with E-state index in [4.69, 9.17) is 8.22 Å². The molecule has 1 unspecified atom stereocenters. The average molecular weight is 293 g/mol. The van der Waals surface area contributed by atoms with Crippen molar-refractivity contribution in [2.24, 2.45) is 5.89 Å². The zero-order valence-electron chi connectivity index (χ0n) is 18.4. The summed E-state index contributed by atoms with van der Waals surface area (Å²) in [6.45, 7) is -1.64. The fourth-order valence-electron chi connectivity index (χ4n) is 2.37. The maximum absolute atomic E-state index is 8.37. The van der Waals surface area contributed by atoms with Gasteiger partial charge < -0.3 is 0 Å². The van der Waals surface area contributed by atoms with Crippen molar-refractivity contribution in [3.63, 3.8) is 0 Å². The Morgan fingerprint density at radius 3 is 2.59 bits per heavy atom. The highest BCUT2D eigenvalue weighted by atomic mass is 14.7. The summed E-state index contributed by atoms with van der Waals surface area (Å²) in [5.74, 6) is -2.29. The Morgan fingerprint density at radius 1 is 1.00 bits per heavy atom. The number of aromatic nitrogens is 1. The van der Waals surface area contributed by atoms with Crippen molar-refractivity contribution < 1.29 is 8.22 Å². The number of hydrogen-bond donors (Lipinski definition) is 0. The summed E-state index contributed by atoms with van der Waals surface area (Å²) in [6.07, 6.45) is -0.667. The molecule has 0 bridgehead atoms. The third-order valence-electron chi connectivity index (χ3n) is 3.36. The lowest BCUT2D eigenvalue weighted by Gasteiger charge is -2.09. The lowest BCUT2D eigenvalue weighted by molar-refractivity contribution is 0.647. The molecule has 3 aromatic rings. The van der Waals surface area contributed by atoms with Gasteiger partial charge in [-0.05, 0) is 41.1 Å². The van der Waals surface area contributed by atoms with Crippen LogP contribution in [-0.2, 0) is 6.37 Å². The molecule has 0 N–H and O–H groups in total. The molecule has 0 aliphatic carbocycles. The maximum atomic E-state index is 8.37. The van der Waals surface area contributed by atoms with E-state index in [1.165, 1.54) is 6.07 Å². The van der Waals surface area contributed by atoms with E-state index in [-0.39, 0.29) is 5.56 Å². The zero-order valence-corrected chi connectivity index (χ0v) is 12.4. The van der Waals surface area contributed by atoms with Crippen molar-refractivity contribution in [1.29, 1.82) is 0 Å². The summed E-state index contributed by atoms with van der Waals surface area (Å²) < 4.78 is 47.7. The van der Waals surface area contributed by atoms with Crippen LogP contribution >= 0.6 is 0 Å². The molecular formula is C21H21N. The van der Waals surface area contributed by atoms with E-state index >= 15 is 0 Å². The van der Waals surface area contributed by atoms with Gasteiger partial charge in [-0.3, -0.25) is 4.98 Å². The van der Waals surface area contributed by atoms with Crippen molar-refractivity contribution in [2.45, 2.75) is 20.1 Å². The molecule has 0 saturated heterocycles. The second-order valence-corrected chi connectivity index (χ2v) is 5.13. The summed E-state index contributed by atoms with van der Waals surface area (Å²) in [4.78, 5) is 4.40. The minimum absolute atomic E-state index is 0.164. The second kappa shape index (κ2) is 6.57. The maximum Gasteiger partial charge on any atom is 0.0708 e. The van der Waals surface area contributed by atoms with Crippen molar-refractivity contribution in [2.75, 3.05) is 0 Å². The third kappa shape index (κ3) is 3.43. The van der Waals surface area contributed by atoms with Gasteiger partial charge in [0.1, 0.15) is 0 Å². The van der Waals surface area contributed by atoms with Gasteiger partial charge in [0.2, 0.25) is 0 Å². The van der Waals surface area contributed by atoms with E-state index < -0.39 is 19.1 Å². The van der Waals surface area contributed by atoms with Gasteiger partial charge in [-0.1, -0.05) is 68.4 Å². The Morgan fingerprint density at radius 2 is 1.77 bits per heavy atom. The number of pyridine rings is 1. The van der Waals surface area contributed by atoms with Gasteiger partial charge in [-0.25, -0.2) is 0 Å². The summed E-state index contributed by atoms with van der Waals surface area (Å²) in [7, 11) is 0. The molecule has 0 amide bonds. The molecule has 1 aromatic heterocycles. The smallest absolute Gasteiger partial charge is 0.0708 e. The van der Waals surface area contributed by atoms with Crippen molar-refractivity contribution in [3.05, 3.63) is 78.5 Å². The fourth-order valence-corrected chi connectivity index (χ4v) is 2.37. The number of nitrogens with zero attached hydrogens (tertiary/aromatic N) is 1. The van der Waals surface area contributed by atoms with Crippen molar-refractivity contribution in [3.8, 4) is 22.4 Å². The van der Waals surface area contributed by atoms with Crippen LogP contribution in [0, 0.1) is 5.89 Å². The predicted octanol–water partition coefficient (Wildman–Crippen LogP) is 5.61. The Bertz CT molecular complexity index is 964. The van der Waals surface area contributed by atoms with Gasteiger partial charge in [0, 0.05) is 20.0 Å². The summed E-state index contributed by atoms with van der Waals surface area (Å²) in [5.41, 5.74) is 3.50. The first-order valence-electron chi connectivity index (χ1n) is 10.2. The highest BCUT2D eigenvalue weighted by Crippen LogP contribution is 2.25. The second-order valence-electron chi connectivity index (χ2n) is 5.13. The van der Waals surface area contributed by atoms with Crippen LogP contribution in [0.2, 0.25) is 0 Å². The topological polar surface area (TPSA) is 12.9 Å². The summed E-state index contributed by atoms with van der Waals surface area (Å²) >= 11 is 0. The molecule has 110 valence electrons. The standard InChI is InChI=1S/C21H21N/c1-16(2)13-17-7-6-10-19(14-17)20-11-12-22-21(15-20)18-8-4-3-5-9-18/h3-12,14-16H,13H2,1-2H3/i1D3,13D2,16D. The zero-order chi connectivity index (χ0) is 20.6. The van der Waals surface area contributed by atoms with Gasteiger partial charge in [0.15, 0.2) is 0 Å². The Hall–Kier alpha value is -2.41. The number of benzene rings is 2. The largest absolute Gasteiger partial charge is 0.256 e. The molecule has 3 rings (SSSR count). The van der Waals surface area contributed by atoms with E-state index in [0.717, 1.165) is 29.3 Å². The molecule has 0 aliphatic heterocycles. The SMILES string of the molecule is [2H]C([2H])([2H])C([2H])(C)C([2H])([2H])c1cccc(-c2ccnc(-c3ccccc3)c2)c1. The quantitative estimate of drug-likeness (QED) is 0.609. The molecule has 0 radical (unpaired) electrons. The normalized spacial score (nSPS) is 18.8. The van der Waals surface area contributed by atoms with E-state index in [1.807, 2.05) is 48.5 Å². The van der Waals surface area contributed by atoms with Crippen molar-refractivity contribution in [1.82, 2.24) is 4.98 Å².